The van der Waals surface area contributed by atoms with E-state index < -0.39 is 17.7 Å². The van der Waals surface area contributed by atoms with Crippen LogP contribution in [0.3, 0.4) is 0 Å². The Balaban J connectivity index is 4.08. The van der Waals surface area contributed by atoms with Gasteiger partial charge in [0, 0.05) is 13.0 Å². The second-order valence-corrected chi connectivity index (χ2v) is 6.97. The third-order valence-corrected chi connectivity index (χ3v) is 2.58. The van der Waals surface area contributed by atoms with Gasteiger partial charge in [0.2, 0.25) is 0 Å². The highest BCUT2D eigenvalue weighted by atomic mass is 16.6. The van der Waals surface area contributed by atoms with Gasteiger partial charge in [-0.2, -0.15) is 0 Å². The van der Waals surface area contributed by atoms with Gasteiger partial charge in [0.15, 0.2) is 0 Å². The van der Waals surface area contributed by atoms with E-state index in [9.17, 15) is 9.59 Å². The summed E-state index contributed by atoms with van der Waals surface area (Å²) < 4.78 is 16.0. The minimum Gasteiger partial charge on any atom is -0.461 e. The molecule has 0 rings (SSSR count). The summed E-state index contributed by atoms with van der Waals surface area (Å²) in [7, 11) is 0. The summed E-state index contributed by atoms with van der Waals surface area (Å²) in [6, 6.07) is 0. The van der Waals surface area contributed by atoms with Crippen LogP contribution < -0.4 is 5.32 Å². The fraction of sp³-hybridized carbons (Fsp3) is 0.875. The molecule has 22 heavy (non-hydrogen) atoms. The SMILES string of the molecule is CCCOC(C)(C)CC(C)OC(=O)CNC(=O)OC(C)(C)C. The molecule has 0 aliphatic rings. The van der Waals surface area contributed by atoms with Crippen molar-refractivity contribution in [1.82, 2.24) is 5.32 Å². The van der Waals surface area contributed by atoms with Crippen molar-refractivity contribution < 1.29 is 23.8 Å². The lowest BCUT2D eigenvalue weighted by Crippen LogP contribution is -2.37. The first-order valence-electron chi connectivity index (χ1n) is 7.75. The largest absolute Gasteiger partial charge is 0.461 e. The fourth-order valence-electron chi connectivity index (χ4n) is 1.90. The monoisotopic (exact) mass is 317 g/mol. The average molecular weight is 317 g/mol. The highest BCUT2D eigenvalue weighted by Gasteiger charge is 2.24. The number of ether oxygens (including phenoxy) is 3. The molecule has 0 saturated carbocycles. The molecule has 0 radical (unpaired) electrons. The number of esters is 1. The molecule has 0 saturated heterocycles. The molecule has 0 heterocycles. The van der Waals surface area contributed by atoms with Gasteiger partial charge in [-0.3, -0.25) is 4.79 Å². The molecule has 0 aromatic carbocycles. The molecular weight excluding hydrogens is 286 g/mol. The Morgan fingerprint density at radius 3 is 2.23 bits per heavy atom. The first-order chi connectivity index (χ1) is 9.95. The molecule has 0 aliphatic heterocycles. The molecular formula is C16H31NO5. The standard InChI is InChI=1S/C16H31NO5/c1-8-9-20-16(6,7)10-12(2)21-13(18)11-17-14(19)22-15(3,4)5/h12H,8-11H2,1-7H3,(H,17,19). The summed E-state index contributed by atoms with van der Waals surface area (Å²) in [5.74, 6) is -0.496. The van der Waals surface area contributed by atoms with Crippen molar-refractivity contribution in [2.45, 2.75) is 78.6 Å². The number of hydrogen-bond acceptors (Lipinski definition) is 5. The molecule has 1 amide bonds. The molecule has 0 aromatic rings. The van der Waals surface area contributed by atoms with Gasteiger partial charge >= 0.3 is 12.1 Å². The molecule has 0 bridgehead atoms. The van der Waals surface area contributed by atoms with Crippen LogP contribution in [0.15, 0.2) is 0 Å². The minimum atomic E-state index is -0.635. The normalized spacial score (nSPS) is 13.4. The van der Waals surface area contributed by atoms with Gasteiger partial charge in [-0.25, -0.2) is 4.79 Å². The Kier molecular flexibility index (Phi) is 8.45. The second kappa shape index (κ2) is 8.98. The average Bonchev–Trinajstić information content (AvgIpc) is 2.31. The quantitative estimate of drug-likeness (QED) is 0.697. The van der Waals surface area contributed by atoms with Gasteiger partial charge in [-0.15, -0.1) is 0 Å². The molecule has 0 aliphatic carbocycles. The predicted molar refractivity (Wildman–Crippen MR) is 84.7 cm³/mol. The number of alkyl carbamates (subject to hydrolysis) is 1. The number of amides is 1. The van der Waals surface area contributed by atoms with Gasteiger partial charge in [-0.1, -0.05) is 6.92 Å². The van der Waals surface area contributed by atoms with Crippen LogP contribution in [0, 0.1) is 0 Å². The van der Waals surface area contributed by atoms with E-state index in [2.05, 4.69) is 5.32 Å². The van der Waals surface area contributed by atoms with Crippen molar-refractivity contribution in [3.63, 3.8) is 0 Å². The summed E-state index contributed by atoms with van der Waals surface area (Å²) in [6.45, 7) is 13.5. The molecule has 1 N–H and O–H groups in total. The first kappa shape index (κ1) is 20.7. The van der Waals surface area contributed by atoms with Crippen LogP contribution in [0.4, 0.5) is 4.79 Å². The zero-order chi connectivity index (χ0) is 17.4. The Labute approximate surface area is 133 Å². The first-order valence-corrected chi connectivity index (χ1v) is 7.75. The number of carbonyl (C=O) groups excluding carboxylic acids is 2. The lowest BCUT2D eigenvalue weighted by molar-refractivity contribution is -0.150. The van der Waals surface area contributed by atoms with Crippen LogP contribution in [0.1, 0.15) is 61.3 Å². The Morgan fingerprint density at radius 1 is 1.14 bits per heavy atom. The molecule has 130 valence electrons. The highest BCUT2D eigenvalue weighted by molar-refractivity contribution is 5.78. The molecule has 1 atom stereocenters. The molecule has 0 fully saturated rings. The summed E-state index contributed by atoms with van der Waals surface area (Å²) in [5.41, 5.74) is -0.948. The van der Waals surface area contributed by atoms with E-state index in [4.69, 9.17) is 14.2 Å². The van der Waals surface area contributed by atoms with Crippen molar-refractivity contribution >= 4 is 12.1 Å². The van der Waals surface area contributed by atoms with Crippen LogP contribution in [0.25, 0.3) is 0 Å². The van der Waals surface area contributed by atoms with Crippen molar-refractivity contribution in [2.24, 2.45) is 0 Å². The lowest BCUT2D eigenvalue weighted by atomic mass is 10.0. The highest BCUT2D eigenvalue weighted by Crippen LogP contribution is 2.18. The maximum atomic E-state index is 11.7. The Hall–Kier alpha value is -1.30. The summed E-state index contributed by atoms with van der Waals surface area (Å²) in [4.78, 5) is 23.1. The van der Waals surface area contributed by atoms with Crippen molar-refractivity contribution in [1.29, 1.82) is 0 Å². The zero-order valence-corrected chi connectivity index (χ0v) is 14.9. The van der Waals surface area contributed by atoms with Gasteiger partial charge < -0.3 is 19.5 Å². The topological polar surface area (TPSA) is 73.9 Å². The van der Waals surface area contributed by atoms with Crippen LogP contribution in [0.2, 0.25) is 0 Å². The van der Waals surface area contributed by atoms with Gasteiger partial charge in [0.25, 0.3) is 0 Å². The molecule has 1 unspecified atom stereocenters. The van der Waals surface area contributed by atoms with Crippen LogP contribution in [-0.4, -0.2) is 42.5 Å². The predicted octanol–water partition coefficient (Wildman–Crippen LogP) is 3.04. The summed E-state index contributed by atoms with van der Waals surface area (Å²) in [6.07, 6.45) is 0.603. The summed E-state index contributed by atoms with van der Waals surface area (Å²) in [5, 5.41) is 2.37. The molecule has 6 heteroatoms. The Bertz CT molecular complexity index is 360. The van der Waals surface area contributed by atoms with Crippen LogP contribution in [0.5, 0.6) is 0 Å². The second-order valence-electron chi connectivity index (χ2n) is 6.97. The third-order valence-electron chi connectivity index (χ3n) is 2.58. The molecule has 6 nitrogen and oxygen atoms in total. The molecule has 0 aromatic heterocycles. The van der Waals surface area contributed by atoms with Crippen molar-refractivity contribution in [2.75, 3.05) is 13.2 Å². The van der Waals surface area contributed by atoms with Crippen molar-refractivity contribution in [3.05, 3.63) is 0 Å². The Morgan fingerprint density at radius 2 is 1.73 bits per heavy atom. The van der Waals surface area contributed by atoms with E-state index in [0.717, 1.165) is 6.42 Å². The van der Waals surface area contributed by atoms with Gasteiger partial charge in [0.05, 0.1) is 5.60 Å². The van der Waals surface area contributed by atoms with Gasteiger partial charge in [0.1, 0.15) is 18.2 Å². The zero-order valence-electron chi connectivity index (χ0n) is 14.9. The van der Waals surface area contributed by atoms with Gasteiger partial charge in [-0.05, 0) is 48.0 Å². The maximum Gasteiger partial charge on any atom is 0.408 e. The number of rotatable bonds is 8. The third kappa shape index (κ3) is 11.4. The summed E-state index contributed by atoms with van der Waals surface area (Å²) >= 11 is 0. The van der Waals surface area contributed by atoms with E-state index in [1.807, 2.05) is 27.7 Å². The van der Waals surface area contributed by atoms with Crippen LogP contribution in [-0.2, 0) is 19.0 Å². The van der Waals surface area contributed by atoms with E-state index in [-0.39, 0.29) is 18.2 Å². The van der Waals surface area contributed by atoms with E-state index in [1.54, 1.807) is 20.8 Å². The van der Waals surface area contributed by atoms with E-state index in [0.29, 0.717) is 13.0 Å². The number of hydrogen-bond donors (Lipinski definition) is 1. The molecule has 0 spiro atoms. The number of nitrogens with one attached hydrogen (secondary N) is 1. The minimum absolute atomic E-state index is 0.213. The van der Waals surface area contributed by atoms with Crippen molar-refractivity contribution in [3.8, 4) is 0 Å². The number of carbonyl (C=O) groups is 2. The lowest BCUT2D eigenvalue weighted by Gasteiger charge is -2.28. The maximum absolute atomic E-state index is 11.7. The van der Waals surface area contributed by atoms with E-state index >= 15 is 0 Å². The fourth-order valence-corrected chi connectivity index (χ4v) is 1.90. The van der Waals surface area contributed by atoms with E-state index in [1.165, 1.54) is 0 Å². The smallest absolute Gasteiger partial charge is 0.408 e. The van der Waals surface area contributed by atoms with Crippen LogP contribution >= 0.6 is 0 Å².